The van der Waals surface area contributed by atoms with Gasteiger partial charge in [-0.05, 0) is 12.3 Å². The normalized spacial score (nSPS) is 12.8. The highest BCUT2D eigenvalue weighted by Crippen LogP contribution is 2.02. The molecule has 0 amide bonds. The van der Waals surface area contributed by atoms with E-state index in [0.29, 0.717) is 5.25 Å². The number of nitrogens with one attached hydrogen (secondary N) is 1. The lowest BCUT2D eigenvalue weighted by atomic mass is 10.4. The summed E-state index contributed by atoms with van der Waals surface area (Å²) >= 11 is 1.86. The Morgan fingerprint density at radius 3 is 3.08 bits per heavy atom. The largest absolute Gasteiger partial charge is 0.310 e. The Bertz CT molecular complexity index is 228. The van der Waals surface area contributed by atoms with Gasteiger partial charge in [-0.2, -0.15) is 11.8 Å². The van der Waals surface area contributed by atoms with Crippen molar-refractivity contribution >= 4 is 11.8 Å². The summed E-state index contributed by atoms with van der Waals surface area (Å²) in [7, 11) is 0. The lowest BCUT2D eigenvalue weighted by Crippen LogP contribution is -2.22. The van der Waals surface area contributed by atoms with Crippen molar-refractivity contribution in [2.45, 2.75) is 18.7 Å². The Balaban J connectivity index is 2.20. The van der Waals surface area contributed by atoms with Crippen molar-refractivity contribution in [3.63, 3.8) is 0 Å². The zero-order valence-electron chi connectivity index (χ0n) is 8.03. The van der Waals surface area contributed by atoms with E-state index in [2.05, 4.69) is 28.5 Å². The fourth-order valence-corrected chi connectivity index (χ4v) is 1.19. The third kappa shape index (κ3) is 4.24. The molecule has 4 heteroatoms. The second-order valence-electron chi connectivity index (χ2n) is 2.88. The molecular weight excluding hydrogens is 182 g/mol. The van der Waals surface area contributed by atoms with Crippen molar-refractivity contribution in [1.29, 1.82) is 0 Å². The number of rotatable bonds is 5. The average Bonchev–Trinajstić information content (AvgIpc) is 2.19. The first-order valence-electron chi connectivity index (χ1n) is 4.31. The molecule has 1 unspecified atom stereocenters. The van der Waals surface area contributed by atoms with Crippen molar-refractivity contribution in [3.8, 4) is 0 Å². The van der Waals surface area contributed by atoms with Gasteiger partial charge in [0.05, 0.1) is 5.69 Å². The predicted molar refractivity (Wildman–Crippen MR) is 56.7 cm³/mol. The quantitative estimate of drug-likeness (QED) is 0.772. The van der Waals surface area contributed by atoms with Crippen molar-refractivity contribution in [1.82, 2.24) is 15.3 Å². The minimum absolute atomic E-state index is 0.654. The van der Waals surface area contributed by atoms with Crippen LogP contribution in [0.25, 0.3) is 0 Å². The molecule has 0 aliphatic rings. The summed E-state index contributed by atoms with van der Waals surface area (Å²) in [5.74, 6) is 0. The van der Waals surface area contributed by atoms with Crippen LogP contribution >= 0.6 is 11.8 Å². The maximum Gasteiger partial charge on any atom is 0.115 e. The summed E-state index contributed by atoms with van der Waals surface area (Å²) < 4.78 is 0. The van der Waals surface area contributed by atoms with Crippen LogP contribution in [0.1, 0.15) is 12.6 Å². The number of hydrogen-bond donors (Lipinski definition) is 1. The van der Waals surface area contributed by atoms with E-state index >= 15 is 0 Å². The molecule has 1 rings (SSSR count). The minimum atomic E-state index is 0.654. The van der Waals surface area contributed by atoms with Crippen molar-refractivity contribution in [2.75, 3.05) is 12.8 Å². The molecule has 0 aliphatic heterocycles. The van der Waals surface area contributed by atoms with Crippen LogP contribution in [0.15, 0.2) is 18.6 Å². The van der Waals surface area contributed by atoms with Gasteiger partial charge in [-0.3, -0.25) is 0 Å². The molecular formula is C9H15N3S. The Hall–Kier alpha value is -0.610. The monoisotopic (exact) mass is 197 g/mol. The van der Waals surface area contributed by atoms with Crippen LogP contribution < -0.4 is 5.32 Å². The molecule has 1 N–H and O–H groups in total. The summed E-state index contributed by atoms with van der Waals surface area (Å²) in [6.45, 7) is 4.05. The van der Waals surface area contributed by atoms with E-state index in [0.717, 1.165) is 18.8 Å². The van der Waals surface area contributed by atoms with E-state index in [1.165, 1.54) is 0 Å². The van der Waals surface area contributed by atoms with Crippen LogP contribution in [-0.4, -0.2) is 28.0 Å². The lowest BCUT2D eigenvalue weighted by Gasteiger charge is -2.08. The molecule has 1 aromatic heterocycles. The van der Waals surface area contributed by atoms with Gasteiger partial charge in [0, 0.05) is 24.5 Å². The van der Waals surface area contributed by atoms with Gasteiger partial charge < -0.3 is 5.32 Å². The van der Waals surface area contributed by atoms with Crippen molar-refractivity contribution in [3.05, 3.63) is 24.3 Å². The topological polar surface area (TPSA) is 37.8 Å². The molecule has 0 aliphatic carbocycles. The summed E-state index contributed by atoms with van der Waals surface area (Å²) in [4.78, 5) is 7.98. The molecule has 3 nitrogen and oxygen atoms in total. The second-order valence-corrected chi connectivity index (χ2v) is 4.15. The Morgan fingerprint density at radius 1 is 1.62 bits per heavy atom. The van der Waals surface area contributed by atoms with Gasteiger partial charge in [0.2, 0.25) is 0 Å². The first kappa shape index (κ1) is 10.5. The van der Waals surface area contributed by atoms with E-state index in [1.807, 2.05) is 17.8 Å². The molecule has 0 aromatic carbocycles. The molecule has 1 aromatic rings. The predicted octanol–water partition coefficient (Wildman–Crippen LogP) is 1.32. The molecule has 0 saturated carbocycles. The van der Waals surface area contributed by atoms with Gasteiger partial charge >= 0.3 is 0 Å². The molecule has 72 valence electrons. The maximum atomic E-state index is 4.12. The molecule has 0 saturated heterocycles. The van der Waals surface area contributed by atoms with Crippen LogP contribution in [0.4, 0.5) is 0 Å². The van der Waals surface area contributed by atoms with Gasteiger partial charge in [-0.15, -0.1) is 0 Å². The molecule has 0 spiro atoms. The fourth-order valence-electron chi connectivity index (χ4n) is 0.909. The van der Waals surface area contributed by atoms with Gasteiger partial charge in [0.15, 0.2) is 0 Å². The van der Waals surface area contributed by atoms with Gasteiger partial charge in [0.1, 0.15) is 6.33 Å². The average molecular weight is 197 g/mol. The van der Waals surface area contributed by atoms with E-state index in [-0.39, 0.29) is 0 Å². The Morgan fingerprint density at radius 2 is 2.46 bits per heavy atom. The fraction of sp³-hybridized carbons (Fsp3) is 0.556. The van der Waals surface area contributed by atoms with Gasteiger partial charge in [-0.25, -0.2) is 9.97 Å². The molecule has 0 radical (unpaired) electrons. The lowest BCUT2D eigenvalue weighted by molar-refractivity contribution is 0.671. The second kappa shape index (κ2) is 5.94. The third-order valence-electron chi connectivity index (χ3n) is 1.78. The van der Waals surface area contributed by atoms with Crippen LogP contribution in [0.3, 0.4) is 0 Å². The number of nitrogens with zero attached hydrogens (tertiary/aromatic N) is 2. The van der Waals surface area contributed by atoms with E-state index in [9.17, 15) is 0 Å². The highest BCUT2D eigenvalue weighted by Gasteiger charge is 1.98. The Kier molecular flexibility index (Phi) is 4.78. The number of thioether (sulfide) groups is 1. The van der Waals surface area contributed by atoms with Crippen LogP contribution in [0.2, 0.25) is 0 Å². The Labute approximate surface area is 83.4 Å². The molecule has 0 fully saturated rings. The maximum absolute atomic E-state index is 4.12. The summed E-state index contributed by atoms with van der Waals surface area (Å²) in [5, 5.41) is 4.00. The zero-order valence-corrected chi connectivity index (χ0v) is 8.84. The van der Waals surface area contributed by atoms with Crippen molar-refractivity contribution < 1.29 is 0 Å². The van der Waals surface area contributed by atoms with Gasteiger partial charge in [-0.1, -0.05) is 6.92 Å². The summed E-state index contributed by atoms with van der Waals surface area (Å²) in [5.41, 5.74) is 1.04. The summed E-state index contributed by atoms with van der Waals surface area (Å²) in [6.07, 6.45) is 5.47. The molecule has 1 heterocycles. The first-order chi connectivity index (χ1) is 6.33. The van der Waals surface area contributed by atoms with Gasteiger partial charge in [0.25, 0.3) is 0 Å². The van der Waals surface area contributed by atoms with Crippen LogP contribution in [0.5, 0.6) is 0 Å². The van der Waals surface area contributed by atoms with E-state index in [1.54, 1.807) is 12.5 Å². The van der Waals surface area contributed by atoms with Crippen LogP contribution in [0, 0.1) is 0 Å². The molecule has 1 atom stereocenters. The SMILES string of the molecule is CSC(C)CNCc1ccncn1. The van der Waals surface area contributed by atoms with Crippen LogP contribution in [-0.2, 0) is 6.54 Å². The minimum Gasteiger partial charge on any atom is -0.310 e. The van der Waals surface area contributed by atoms with E-state index in [4.69, 9.17) is 0 Å². The smallest absolute Gasteiger partial charge is 0.115 e. The van der Waals surface area contributed by atoms with E-state index < -0.39 is 0 Å². The number of hydrogen-bond acceptors (Lipinski definition) is 4. The van der Waals surface area contributed by atoms with Crippen molar-refractivity contribution in [2.24, 2.45) is 0 Å². The number of aromatic nitrogens is 2. The molecule has 0 bridgehead atoms. The molecule has 13 heavy (non-hydrogen) atoms. The standard InChI is InChI=1S/C9H15N3S/c1-8(13-2)5-11-6-9-3-4-10-7-12-9/h3-4,7-8,11H,5-6H2,1-2H3. The zero-order chi connectivity index (χ0) is 9.52. The highest BCUT2D eigenvalue weighted by molar-refractivity contribution is 7.99. The third-order valence-corrected chi connectivity index (χ3v) is 2.75. The first-order valence-corrected chi connectivity index (χ1v) is 5.60. The summed E-state index contributed by atoms with van der Waals surface area (Å²) in [6, 6.07) is 1.93. The highest BCUT2D eigenvalue weighted by atomic mass is 32.2.